The van der Waals surface area contributed by atoms with E-state index in [1.807, 2.05) is 0 Å². The Hall–Kier alpha value is -0.610. The molecule has 0 aliphatic rings. The topological polar surface area (TPSA) is 75.3 Å². The second-order valence-electron chi connectivity index (χ2n) is 9.60. The van der Waals surface area contributed by atoms with E-state index >= 15 is 0 Å². The summed E-state index contributed by atoms with van der Waals surface area (Å²) in [5.74, 6) is 5.24. The minimum atomic E-state index is -0.651. The van der Waals surface area contributed by atoms with Crippen LogP contribution in [-0.4, -0.2) is 17.6 Å². The van der Waals surface area contributed by atoms with E-state index in [0.29, 0.717) is 6.42 Å². The van der Waals surface area contributed by atoms with Crippen molar-refractivity contribution in [3.05, 3.63) is 0 Å². The molecule has 4 heteroatoms. The molecule has 0 unspecified atom stereocenters. The minimum absolute atomic E-state index is 0.346. The smallest absolute Gasteiger partial charge is 0.303 e. The molecule has 0 amide bonds. The number of carbonyl (C=O) groups is 1. The van der Waals surface area contributed by atoms with E-state index in [9.17, 15) is 4.79 Å². The van der Waals surface area contributed by atoms with Crippen LogP contribution < -0.4 is 11.3 Å². The van der Waals surface area contributed by atoms with Gasteiger partial charge in [-0.2, -0.15) is 0 Å². The third-order valence-corrected chi connectivity index (χ3v) is 6.56. The first-order valence-corrected chi connectivity index (χ1v) is 14.3. The number of rotatable bonds is 24. The summed E-state index contributed by atoms with van der Waals surface area (Å²) in [6, 6.07) is 0. The van der Waals surface area contributed by atoms with Gasteiger partial charge in [0, 0.05) is 13.0 Å². The lowest BCUT2D eigenvalue weighted by atomic mass is 10.0. The molecule has 32 heavy (non-hydrogen) atoms. The predicted octanol–water partition coefficient (Wildman–Crippen LogP) is 8.78. The van der Waals surface area contributed by atoms with E-state index in [-0.39, 0.29) is 0 Å². The summed E-state index contributed by atoms with van der Waals surface area (Å²) < 4.78 is 0. The van der Waals surface area contributed by atoms with Gasteiger partial charge in [0.2, 0.25) is 0 Å². The van der Waals surface area contributed by atoms with Crippen LogP contribution in [0, 0.1) is 5.92 Å². The molecular weight excluding hydrogens is 396 g/mol. The number of hydrogen-bond acceptors (Lipinski definition) is 3. The quantitative estimate of drug-likeness (QED) is 0.0770. The van der Waals surface area contributed by atoms with Crippen LogP contribution >= 0.6 is 0 Å². The highest BCUT2D eigenvalue weighted by atomic mass is 16.4. The lowest BCUT2D eigenvalue weighted by molar-refractivity contribution is -0.137. The summed E-state index contributed by atoms with van der Waals surface area (Å²) in [7, 11) is 0. The normalized spacial score (nSPS) is 10.9. The van der Waals surface area contributed by atoms with Crippen LogP contribution in [-0.2, 0) is 4.79 Å². The van der Waals surface area contributed by atoms with Gasteiger partial charge in [0.25, 0.3) is 0 Å². The maximum atomic E-state index is 10.4. The van der Waals surface area contributed by atoms with E-state index in [1.165, 1.54) is 122 Å². The van der Waals surface area contributed by atoms with E-state index in [4.69, 9.17) is 10.9 Å². The molecule has 0 aliphatic carbocycles. The van der Waals surface area contributed by atoms with Crippen molar-refractivity contribution >= 4 is 5.97 Å². The lowest BCUT2D eigenvalue weighted by Crippen LogP contribution is -2.28. The Morgan fingerprint density at radius 3 is 1.16 bits per heavy atom. The predicted molar refractivity (Wildman–Crippen MR) is 142 cm³/mol. The van der Waals surface area contributed by atoms with Crippen molar-refractivity contribution in [3.8, 4) is 0 Å². The number of hydrogen-bond donors (Lipinski definition) is 3. The number of hydrazine groups is 1. The summed E-state index contributed by atoms with van der Waals surface area (Å²) in [5, 5.41) is 8.56. The van der Waals surface area contributed by atoms with Gasteiger partial charge in [-0.25, -0.2) is 0 Å². The van der Waals surface area contributed by atoms with Gasteiger partial charge in [-0.3, -0.25) is 16.1 Å². The lowest BCUT2D eigenvalue weighted by Gasteiger charge is -2.09. The van der Waals surface area contributed by atoms with Crippen molar-refractivity contribution in [2.75, 3.05) is 6.54 Å². The molecule has 0 bridgehead atoms. The fraction of sp³-hybridized carbons (Fsp3) is 0.964. The first-order chi connectivity index (χ1) is 15.6. The summed E-state index contributed by atoms with van der Waals surface area (Å²) in [6.45, 7) is 7.61. The molecule has 0 heterocycles. The molecule has 0 atom stereocenters. The fourth-order valence-corrected chi connectivity index (χ4v) is 4.10. The van der Waals surface area contributed by atoms with E-state index < -0.39 is 5.97 Å². The first-order valence-electron chi connectivity index (χ1n) is 14.3. The highest BCUT2D eigenvalue weighted by Crippen LogP contribution is 2.14. The van der Waals surface area contributed by atoms with E-state index in [2.05, 4.69) is 26.2 Å². The summed E-state index contributed by atoms with van der Waals surface area (Å²) in [6.07, 6.45) is 28.5. The Balaban J connectivity index is 0. The first kappa shape index (κ1) is 33.6. The standard InChI is InChI=1S/C22H44O2.C6H16N2/c1-2-3-4-5-6-7-8-9-10-11-12-13-14-15-16-17-18-19-20-21-22(23)24;1-3-6(4-2)5-8-7/h2-21H2,1H3,(H,23,24);6,8H,3-5,7H2,1-2H3. The Bertz CT molecular complexity index is 346. The Morgan fingerprint density at radius 1 is 0.625 bits per heavy atom. The molecule has 0 saturated heterocycles. The second-order valence-corrected chi connectivity index (χ2v) is 9.60. The molecule has 0 fully saturated rings. The summed E-state index contributed by atoms with van der Waals surface area (Å²) in [5.41, 5.74) is 2.67. The van der Waals surface area contributed by atoms with Crippen molar-refractivity contribution in [1.82, 2.24) is 5.43 Å². The monoisotopic (exact) mass is 456 g/mol. The van der Waals surface area contributed by atoms with Crippen LogP contribution in [0.1, 0.15) is 162 Å². The molecule has 0 radical (unpaired) electrons. The molecule has 0 aromatic carbocycles. The molecular formula is C28H60N2O2. The Kier molecular flexibility index (Phi) is 31.9. The molecule has 0 aromatic rings. The molecule has 0 spiro atoms. The number of nitrogens with two attached hydrogens (primary N) is 1. The molecule has 0 aromatic heterocycles. The average molecular weight is 457 g/mol. The summed E-state index contributed by atoms with van der Waals surface area (Å²) >= 11 is 0. The van der Waals surface area contributed by atoms with Crippen molar-refractivity contribution in [2.24, 2.45) is 11.8 Å². The van der Waals surface area contributed by atoms with Crippen molar-refractivity contribution in [2.45, 2.75) is 162 Å². The van der Waals surface area contributed by atoms with Crippen molar-refractivity contribution < 1.29 is 9.90 Å². The highest BCUT2D eigenvalue weighted by Gasteiger charge is 1.99. The fourth-order valence-electron chi connectivity index (χ4n) is 4.10. The van der Waals surface area contributed by atoms with Gasteiger partial charge >= 0.3 is 5.97 Å². The van der Waals surface area contributed by atoms with Gasteiger partial charge < -0.3 is 5.11 Å². The van der Waals surface area contributed by atoms with Gasteiger partial charge in [-0.1, -0.05) is 149 Å². The largest absolute Gasteiger partial charge is 0.481 e. The zero-order valence-electron chi connectivity index (χ0n) is 22.3. The van der Waals surface area contributed by atoms with Crippen LogP contribution in [0.15, 0.2) is 0 Å². The molecule has 0 saturated carbocycles. The SMILES string of the molecule is CCC(CC)CNN.CCCCCCCCCCCCCCCCCCCCCC(=O)O. The number of unbranched alkanes of at least 4 members (excludes halogenated alkanes) is 18. The van der Waals surface area contributed by atoms with Gasteiger partial charge in [0.05, 0.1) is 0 Å². The van der Waals surface area contributed by atoms with Gasteiger partial charge in [0.1, 0.15) is 0 Å². The molecule has 0 aliphatic heterocycles. The number of carboxylic acid groups (broad SMARTS) is 1. The maximum Gasteiger partial charge on any atom is 0.303 e. The van der Waals surface area contributed by atoms with Crippen LogP contribution in [0.2, 0.25) is 0 Å². The number of carboxylic acids is 1. The summed E-state index contributed by atoms with van der Waals surface area (Å²) in [4.78, 5) is 10.4. The highest BCUT2D eigenvalue weighted by molar-refractivity contribution is 5.66. The number of aliphatic carboxylic acids is 1. The molecule has 4 N–H and O–H groups in total. The zero-order chi connectivity index (χ0) is 24.1. The molecule has 4 nitrogen and oxygen atoms in total. The third-order valence-electron chi connectivity index (χ3n) is 6.56. The van der Waals surface area contributed by atoms with E-state index in [0.717, 1.165) is 25.3 Å². The molecule has 0 rings (SSSR count). The van der Waals surface area contributed by atoms with Gasteiger partial charge in [-0.15, -0.1) is 0 Å². The Morgan fingerprint density at radius 2 is 0.938 bits per heavy atom. The average Bonchev–Trinajstić information content (AvgIpc) is 2.79. The van der Waals surface area contributed by atoms with Gasteiger partial charge in [-0.05, 0) is 12.3 Å². The van der Waals surface area contributed by atoms with Crippen LogP contribution in [0.3, 0.4) is 0 Å². The second kappa shape index (κ2) is 30.4. The molecule has 194 valence electrons. The maximum absolute atomic E-state index is 10.4. The van der Waals surface area contributed by atoms with E-state index in [1.54, 1.807) is 0 Å². The van der Waals surface area contributed by atoms with Crippen LogP contribution in [0.5, 0.6) is 0 Å². The zero-order valence-corrected chi connectivity index (χ0v) is 22.3. The minimum Gasteiger partial charge on any atom is -0.481 e. The van der Waals surface area contributed by atoms with Crippen molar-refractivity contribution in [1.29, 1.82) is 0 Å². The Labute approximate surface area is 201 Å². The van der Waals surface area contributed by atoms with Crippen molar-refractivity contribution in [3.63, 3.8) is 0 Å². The van der Waals surface area contributed by atoms with Gasteiger partial charge in [0.15, 0.2) is 0 Å². The number of nitrogens with one attached hydrogen (secondary N) is 1. The van der Waals surface area contributed by atoms with Crippen LogP contribution in [0.25, 0.3) is 0 Å². The van der Waals surface area contributed by atoms with Crippen LogP contribution in [0.4, 0.5) is 0 Å². The third kappa shape index (κ3) is 31.6.